The molecule has 2 rings (SSSR count). The van der Waals surface area contributed by atoms with Gasteiger partial charge in [0.15, 0.2) is 5.82 Å². The molecule has 3 nitrogen and oxygen atoms in total. The van der Waals surface area contributed by atoms with Crippen molar-refractivity contribution in [2.24, 2.45) is 0 Å². The first-order chi connectivity index (χ1) is 8.97. The van der Waals surface area contributed by atoms with E-state index in [1.165, 1.54) is 5.56 Å². The molecule has 0 aliphatic carbocycles. The van der Waals surface area contributed by atoms with Crippen molar-refractivity contribution in [3.63, 3.8) is 0 Å². The summed E-state index contributed by atoms with van der Waals surface area (Å²) in [7, 11) is 0. The summed E-state index contributed by atoms with van der Waals surface area (Å²) in [5.74, 6) is 1.51. The van der Waals surface area contributed by atoms with E-state index in [9.17, 15) is 0 Å². The predicted molar refractivity (Wildman–Crippen MR) is 76.8 cm³/mol. The molecule has 0 saturated carbocycles. The van der Waals surface area contributed by atoms with Crippen LogP contribution in [0, 0.1) is 27.7 Å². The summed E-state index contributed by atoms with van der Waals surface area (Å²) in [6.45, 7) is 8.38. The number of nitrogens with zero attached hydrogens (tertiary/aromatic N) is 2. The summed E-state index contributed by atoms with van der Waals surface area (Å²) in [6.07, 6.45) is 0. The van der Waals surface area contributed by atoms with Crippen molar-refractivity contribution in [3.8, 4) is 5.75 Å². The van der Waals surface area contributed by atoms with Crippen LogP contribution in [-0.4, -0.2) is 9.97 Å². The third kappa shape index (κ3) is 3.24. The van der Waals surface area contributed by atoms with Crippen molar-refractivity contribution < 1.29 is 4.74 Å². The van der Waals surface area contributed by atoms with Gasteiger partial charge >= 0.3 is 0 Å². The van der Waals surface area contributed by atoms with E-state index in [1.54, 1.807) is 6.07 Å². The highest BCUT2D eigenvalue weighted by Crippen LogP contribution is 2.26. The van der Waals surface area contributed by atoms with E-state index in [4.69, 9.17) is 16.3 Å². The Morgan fingerprint density at radius 2 is 1.74 bits per heavy atom. The molecule has 0 N–H and O–H groups in total. The summed E-state index contributed by atoms with van der Waals surface area (Å²) in [5.41, 5.74) is 4.32. The summed E-state index contributed by atoms with van der Waals surface area (Å²) in [4.78, 5) is 8.47. The van der Waals surface area contributed by atoms with E-state index in [0.29, 0.717) is 17.6 Å². The van der Waals surface area contributed by atoms with Gasteiger partial charge in [0.2, 0.25) is 0 Å². The number of hydrogen-bond acceptors (Lipinski definition) is 3. The minimum Gasteiger partial charge on any atom is -0.485 e. The van der Waals surface area contributed by atoms with Crippen molar-refractivity contribution in [3.05, 3.63) is 51.6 Å². The van der Waals surface area contributed by atoms with Crippen molar-refractivity contribution in [1.82, 2.24) is 9.97 Å². The molecule has 0 spiro atoms. The Morgan fingerprint density at radius 1 is 1.05 bits per heavy atom. The molecule has 2 aromatic rings. The van der Waals surface area contributed by atoms with Crippen LogP contribution in [0.2, 0.25) is 5.15 Å². The first-order valence-corrected chi connectivity index (χ1v) is 6.55. The Balaban J connectivity index is 2.21. The Kier molecular flexibility index (Phi) is 4.05. The summed E-state index contributed by atoms with van der Waals surface area (Å²) < 4.78 is 5.86. The van der Waals surface area contributed by atoms with E-state index in [-0.39, 0.29) is 0 Å². The van der Waals surface area contributed by atoms with E-state index < -0.39 is 0 Å². The van der Waals surface area contributed by atoms with Gasteiger partial charge in [0.1, 0.15) is 17.5 Å². The average molecular weight is 277 g/mol. The first kappa shape index (κ1) is 13.8. The van der Waals surface area contributed by atoms with Gasteiger partial charge < -0.3 is 4.74 Å². The smallest absolute Gasteiger partial charge is 0.167 e. The van der Waals surface area contributed by atoms with Gasteiger partial charge in [-0.05, 0) is 50.5 Å². The standard InChI is InChI=1S/C15H17ClN2O/c1-9-5-6-10(2)15(12(9)4)19-8-14-17-11(3)7-13(16)18-14/h5-7H,8H2,1-4H3. The molecular weight excluding hydrogens is 260 g/mol. The number of hydrogen-bond donors (Lipinski definition) is 0. The molecule has 0 aliphatic rings. The van der Waals surface area contributed by atoms with Gasteiger partial charge in [-0.15, -0.1) is 0 Å². The zero-order valence-corrected chi connectivity index (χ0v) is 12.4. The van der Waals surface area contributed by atoms with Crippen LogP contribution in [0.25, 0.3) is 0 Å². The molecule has 1 aromatic carbocycles. The molecule has 100 valence electrons. The van der Waals surface area contributed by atoms with E-state index >= 15 is 0 Å². The number of aryl methyl sites for hydroxylation is 3. The molecule has 0 unspecified atom stereocenters. The fraction of sp³-hybridized carbons (Fsp3) is 0.333. The predicted octanol–water partition coefficient (Wildman–Crippen LogP) is 3.94. The van der Waals surface area contributed by atoms with Crippen LogP contribution in [0.3, 0.4) is 0 Å². The molecular formula is C15H17ClN2O. The minimum atomic E-state index is 0.326. The Labute approximate surface area is 118 Å². The van der Waals surface area contributed by atoms with Crippen molar-refractivity contribution in [2.45, 2.75) is 34.3 Å². The zero-order valence-electron chi connectivity index (χ0n) is 11.6. The van der Waals surface area contributed by atoms with Crippen molar-refractivity contribution in [2.75, 3.05) is 0 Å². The van der Waals surface area contributed by atoms with Gasteiger partial charge in [0.05, 0.1) is 0 Å². The van der Waals surface area contributed by atoms with Crippen LogP contribution >= 0.6 is 11.6 Å². The van der Waals surface area contributed by atoms with Crippen molar-refractivity contribution in [1.29, 1.82) is 0 Å². The average Bonchev–Trinajstić information content (AvgIpc) is 2.33. The molecule has 0 atom stereocenters. The van der Waals surface area contributed by atoms with Gasteiger partial charge in [0.25, 0.3) is 0 Å². The lowest BCUT2D eigenvalue weighted by molar-refractivity contribution is 0.291. The third-order valence-electron chi connectivity index (χ3n) is 3.09. The SMILES string of the molecule is Cc1cc(Cl)nc(COc2c(C)ccc(C)c2C)n1. The number of aromatic nitrogens is 2. The largest absolute Gasteiger partial charge is 0.485 e. The molecule has 1 aromatic heterocycles. The lowest BCUT2D eigenvalue weighted by Crippen LogP contribution is -2.05. The number of ether oxygens (including phenoxy) is 1. The Bertz CT molecular complexity index is 591. The summed E-state index contributed by atoms with van der Waals surface area (Å²) >= 11 is 5.91. The molecule has 19 heavy (non-hydrogen) atoms. The monoisotopic (exact) mass is 276 g/mol. The second kappa shape index (κ2) is 5.57. The van der Waals surface area contributed by atoms with E-state index in [1.807, 2.05) is 13.8 Å². The highest BCUT2D eigenvalue weighted by molar-refractivity contribution is 6.29. The maximum absolute atomic E-state index is 5.91. The molecule has 0 amide bonds. The fourth-order valence-electron chi connectivity index (χ4n) is 1.94. The topological polar surface area (TPSA) is 35.0 Å². The number of rotatable bonds is 3. The number of benzene rings is 1. The molecule has 0 fully saturated rings. The first-order valence-electron chi connectivity index (χ1n) is 6.17. The van der Waals surface area contributed by atoms with E-state index in [0.717, 1.165) is 22.6 Å². The van der Waals surface area contributed by atoms with Crippen LogP contribution in [0.4, 0.5) is 0 Å². The maximum Gasteiger partial charge on any atom is 0.167 e. The molecule has 0 bridgehead atoms. The van der Waals surface area contributed by atoms with Gasteiger partial charge in [0, 0.05) is 5.69 Å². The van der Waals surface area contributed by atoms with Gasteiger partial charge in [-0.2, -0.15) is 0 Å². The van der Waals surface area contributed by atoms with E-state index in [2.05, 4.69) is 35.9 Å². The van der Waals surface area contributed by atoms with Gasteiger partial charge in [-0.1, -0.05) is 23.7 Å². The normalized spacial score (nSPS) is 10.6. The number of halogens is 1. The fourth-order valence-corrected chi connectivity index (χ4v) is 2.19. The second-order valence-electron chi connectivity index (χ2n) is 4.69. The van der Waals surface area contributed by atoms with Crippen LogP contribution in [-0.2, 0) is 6.61 Å². The van der Waals surface area contributed by atoms with Crippen LogP contribution in [0.15, 0.2) is 18.2 Å². The van der Waals surface area contributed by atoms with Crippen LogP contribution in [0.5, 0.6) is 5.75 Å². The Morgan fingerprint density at radius 3 is 2.42 bits per heavy atom. The van der Waals surface area contributed by atoms with Gasteiger partial charge in [-0.3, -0.25) is 0 Å². The lowest BCUT2D eigenvalue weighted by atomic mass is 10.1. The van der Waals surface area contributed by atoms with Crippen LogP contribution < -0.4 is 4.74 Å². The second-order valence-corrected chi connectivity index (χ2v) is 5.08. The van der Waals surface area contributed by atoms with Crippen LogP contribution in [0.1, 0.15) is 28.2 Å². The quantitative estimate of drug-likeness (QED) is 0.797. The molecule has 0 aliphatic heterocycles. The molecule has 0 radical (unpaired) electrons. The highest BCUT2D eigenvalue weighted by atomic mass is 35.5. The van der Waals surface area contributed by atoms with Gasteiger partial charge in [-0.25, -0.2) is 9.97 Å². The molecule has 1 heterocycles. The summed E-state index contributed by atoms with van der Waals surface area (Å²) in [6, 6.07) is 5.88. The zero-order chi connectivity index (χ0) is 14.0. The Hall–Kier alpha value is -1.61. The molecule has 4 heteroatoms. The third-order valence-corrected chi connectivity index (χ3v) is 3.28. The maximum atomic E-state index is 5.91. The molecule has 0 saturated heterocycles. The summed E-state index contributed by atoms with van der Waals surface area (Å²) in [5, 5.41) is 0.448. The lowest BCUT2D eigenvalue weighted by Gasteiger charge is -2.13. The highest BCUT2D eigenvalue weighted by Gasteiger charge is 2.08. The minimum absolute atomic E-state index is 0.326. The van der Waals surface area contributed by atoms with Crippen molar-refractivity contribution >= 4 is 11.6 Å².